The van der Waals surface area contributed by atoms with Crippen molar-refractivity contribution in [3.8, 4) is 0 Å². The van der Waals surface area contributed by atoms with Crippen LogP contribution in [0.25, 0.3) is 0 Å². The highest BCUT2D eigenvalue weighted by atomic mass is 16.7. The van der Waals surface area contributed by atoms with Crippen LogP contribution in [0.2, 0.25) is 0 Å². The Morgan fingerprint density at radius 2 is 2.09 bits per heavy atom. The lowest BCUT2D eigenvalue weighted by molar-refractivity contribution is 0.0650. The van der Waals surface area contributed by atoms with Gasteiger partial charge >= 0.3 is 0 Å². The average molecular weight is 314 g/mol. The Hall–Kier alpha value is -1.85. The molecule has 2 aliphatic carbocycles. The summed E-state index contributed by atoms with van der Waals surface area (Å²) in [7, 11) is 0. The quantitative estimate of drug-likeness (QED) is 0.858. The minimum Gasteiger partial charge on any atom is -0.389 e. The summed E-state index contributed by atoms with van der Waals surface area (Å²) in [5, 5.41) is 4.34. The zero-order chi connectivity index (χ0) is 15.8. The van der Waals surface area contributed by atoms with Crippen molar-refractivity contribution in [3.05, 3.63) is 18.2 Å². The van der Waals surface area contributed by atoms with Crippen LogP contribution in [0.15, 0.2) is 17.7 Å². The molecule has 0 N–H and O–H groups in total. The van der Waals surface area contributed by atoms with E-state index >= 15 is 0 Å². The van der Waals surface area contributed by atoms with Crippen LogP contribution in [0.1, 0.15) is 49.6 Å². The molecule has 2 atom stereocenters. The van der Waals surface area contributed by atoms with Gasteiger partial charge in [0.05, 0.1) is 12.0 Å². The highest BCUT2D eigenvalue weighted by Crippen LogP contribution is 2.57. The smallest absolute Gasteiger partial charge is 0.274 e. The monoisotopic (exact) mass is 314 g/mol. The first kappa shape index (κ1) is 13.6. The Labute approximate surface area is 135 Å². The zero-order valence-electron chi connectivity index (χ0n) is 13.6. The average Bonchev–Trinajstić information content (AvgIpc) is 3.16. The molecule has 1 spiro atoms. The molecule has 4 aliphatic rings. The van der Waals surface area contributed by atoms with Crippen molar-refractivity contribution in [2.24, 2.45) is 22.9 Å². The Bertz CT molecular complexity index is 691. The summed E-state index contributed by atoms with van der Waals surface area (Å²) in [6, 6.07) is 0.329. The molecule has 0 radical (unpaired) electrons. The van der Waals surface area contributed by atoms with Crippen LogP contribution < -0.4 is 0 Å². The molecular weight excluding hydrogens is 292 g/mol. The fraction of sp³-hybridized carbons (Fsp3) is 0.706. The highest BCUT2D eigenvalue weighted by molar-refractivity contribution is 5.94. The van der Waals surface area contributed by atoms with Gasteiger partial charge in [0, 0.05) is 37.7 Å². The number of hydrogen-bond acceptors (Lipinski definition) is 4. The summed E-state index contributed by atoms with van der Waals surface area (Å²) in [6.07, 6.45) is 6.95. The number of imidazole rings is 1. The standard InChI is InChI=1S/C17H22N4O2/c1-10(2)21-8-14(18-9-21)16(22)20-6-11-12(7-20)15(11)13-5-17(3-4-17)23-19-13/h8-12,15H,3-7H2,1-2H3. The summed E-state index contributed by atoms with van der Waals surface area (Å²) in [4.78, 5) is 24.4. The second kappa shape index (κ2) is 4.36. The molecule has 6 heteroatoms. The van der Waals surface area contributed by atoms with E-state index in [9.17, 15) is 4.79 Å². The fourth-order valence-electron chi connectivity index (χ4n) is 4.21. The van der Waals surface area contributed by atoms with E-state index < -0.39 is 0 Å². The van der Waals surface area contributed by atoms with Gasteiger partial charge in [0.1, 0.15) is 11.3 Å². The van der Waals surface area contributed by atoms with Crippen molar-refractivity contribution < 1.29 is 9.63 Å². The number of rotatable bonds is 3. The predicted molar refractivity (Wildman–Crippen MR) is 84.1 cm³/mol. The van der Waals surface area contributed by atoms with Crippen LogP contribution in [0.3, 0.4) is 0 Å². The topological polar surface area (TPSA) is 59.7 Å². The normalized spacial score (nSPS) is 32.9. The van der Waals surface area contributed by atoms with E-state index in [1.165, 1.54) is 5.71 Å². The molecule has 6 nitrogen and oxygen atoms in total. The van der Waals surface area contributed by atoms with Crippen LogP contribution in [-0.4, -0.2) is 44.8 Å². The van der Waals surface area contributed by atoms with Crippen molar-refractivity contribution in [1.82, 2.24) is 14.5 Å². The first-order chi connectivity index (χ1) is 11.1. The summed E-state index contributed by atoms with van der Waals surface area (Å²) in [5.74, 6) is 1.80. The molecule has 3 heterocycles. The van der Waals surface area contributed by atoms with Gasteiger partial charge in [-0.1, -0.05) is 5.16 Å². The molecule has 1 aromatic heterocycles. The largest absolute Gasteiger partial charge is 0.389 e. The van der Waals surface area contributed by atoms with E-state index in [2.05, 4.69) is 24.0 Å². The Balaban J connectivity index is 1.22. The molecule has 5 rings (SSSR count). The van der Waals surface area contributed by atoms with Gasteiger partial charge < -0.3 is 14.3 Å². The van der Waals surface area contributed by atoms with E-state index in [-0.39, 0.29) is 11.5 Å². The fourth-order valence-corrected chi connectivity index (χ4v) is 4.21. The van der Waals surface area contributed by atoms with E-state index in [0.717, 1.165) is 32.4 Å². The highest BCUT2D eigenvalue weighted by Gasteiger charge is 2.62. The number of fused-ring (bicyclic) bond motifs is 1. The maximum Gasteiger partial charge on any atom is 0.274 e. The minimum absolute atomic E-state index is 0.0682. The van der Waals surface area contributed by atoms with Gasteiger partial charge in [-0.2, -0.15) is 0 Å². The SMILES string of the molecule is CC(C)n1cnc(C(=O)N2CC3C(C2)C3C2=NOC3(CC3)C2)c1. The summed E-state index contributed by atoms with van der Waals surface area (Å²) < 4.78 is 1.98. The Kier molecular flexibility index (Phi) is 2.58. The third-order valence-electron chi connectivity index (χ3n) is 5.95. The molecule has 3 fully saturated rings. The van der Waals surface area contributed by atoms with E-state index in [4.69, 9.17) is 4.84 Å². The third-order valence-corrected chi connectivity index (χ3v) is 5.95. The number of piperidine rings is 1. The van der Waals surface area contributed by atoms with E-state index in [0.29, 0.717) is 29.5 Å². The van der Waals surface area contributed by atoms with Crippen molar-refractivity contribution in [1.29, 1.82) is 0 Å². The van der Waals surface area contributed by atoms with E-state index in [1.807, 2.05) is 15.7 Å². The van der Waals surface area contributed by atoms with Crippen LogP contribution in [-0.2, 0) is 4.84 Å². The lowest BCUT2D eigenvalue weighted by Gasteiger charge is -2.18. The second-order valence-corrected chi connectivity index (χ2v) is 7.90. The lowest BCUT2D eigenvalue weighted by Crippen LogP contribution is -2.32. The lowest BCUT2D eigenvalue weighted by atomic mass is 10.0. The molecule has 0 bridgehead atoms. The van der Waals surface area contributed by atoms with Crippen LogP contribution in [0.4, 0.5) is 0 Å². The first-order valence-electron chi connectivity index (χ1n) is 8.64. The first-order valence-corrected chi connectivity index (χ1v) is 8.64. The van der Waals surface area contributed by atoms with Gasteiger partial charge in [0.25, 0.3) is 5.91 Å². The number of amides is 1. The summed E-state index contributed by atoms with van der Waals surface area (Å²) >= 11 is 0. The maximum absolute atomic E-state index is 12.6. The van der Waals surface area contributed by atoms with Crippen molar-refractivity contribution in [2.45, 2.75) is 44.8 Å². The number of oxime groups is 1. The van der Waals surface area contributed by atoms with Crippen LogP contribution in [0.5, 0.6) is 0 Å². The molecule has 1 saturated heterocycles. The zero-order valence-corrected chi connectivity index (χ0v) is 13.6. The second-order valence-electron chi connectivity index (χ2n) is 7.90. The van der Waals surface area contributed by atoms with Crippen molar-refractivity contribution in [3.63, 3.8) is 0 Å². The number of hydrogen-bond donors (Lipinski definition) is 0. The minimum atomic E-state index is 0.0682. The summed E-state index contributed by atoms with van der Waals surface area (Å²) in [6.45, 7) is 5.86. The Morgan fingerprint density at radius 3 is 2.65 bits per heavy atom. The van der Waals surface area contributed by atoms with Gasteiger partial charge in [-0.05, 0) is 38.5 Å². The van der Waals surface area contributed by atoms with Crippen LogP contribution in [0, 0.1) is 17.8 Å². The number of nitrogens with zero attached hydrogens (tertiary/aromatic N) is 4. The van der Waals surface area contributed by atoms with Gasteiger partial charge in [-0.25, -0.2) is 4.98 Å². The molecule has 2 aliphatic heterocycles. The molecule has 2 unspecified atom stereocenters. The molecule has 23 heavy (non-hydrogen) atoms. The van der Waals surface area contributed by atoms with Crippen molar-refractivity contribution >= 4 is 11.6 Å². The molecular formula is C17H22N4O2. The van der Waals surface area contributed by atoms with Gasteiger partial charge in [0.15, 0.2) is 0 Å². The molecule has 0 aromatic carbocycles. The predicted octanol–water partition coefficient (Wildman–Crippen LogP) is 2.09. The third kappa shape index (κ3) is 2.03. The molecule has 122 valence electrons. The van der Waals surface area contributed by atoms with Gasteiger partial charge in [-0.3, -0.25) is 4.79 Å². The molecule has 2 saturated carbocycles. The van der Waals surface area contributed by atoms with Gasteiger partial charge in [-0.15, -0.1) is 0 Å². The molecule has 1 aromatic rings. The Morgan fingerprint density at radius 1 is 1.35 bits per heavy atom. The van der Waals surface area contributed by atoms with Gasteiger partial charge in [0.2, 0.25) is 0 Å². The maximum atomic E-state index is 12.6. The van der Waals surface area contributed by atoms with Crippen molar-refractivity contribution in [2.75, 3.05) is 13.1 Å². The van der Waals surface area contributed by atoms with E-state index in [1.54, 1.807) is 6.33 Å². The number of carbonyl (C=O) groups is 1. The number of likely N-dealkylation sites (tertiary alicyclic amines) is 1. The molecule has 1 amide bonds. The van der Waals surface area contributed by atoms with Crippen LogP contribution >= 0.6 is 0 Å². The number of carbonyl (C=O) groups excluding carboxylic acids is 1. The summed E-state index contributed by atoms with van der Waals surface area (Å²) in [5.41, 5.74) is 1.91. The number of aromatic nitrogens is 2.